The van der Waals surface area contributed by atoms with Crippen LogP contribution in [0.3, 0.4) is 0 Å². The van der Waals surface area contributed by atoms with Crippen molar-refractivity contribution in [2.45, 2.75) is 50.4 Å². The Kier molecular flexibility index (Phi) is 5.61. The second-order valence-corrected chi connectivity index (χ2v) is 8.39. The average molecular weight is 265 g/mol. The van der Waals surface area contributed by atoms with Gasteiger partial charge in [-0.15, -0.1) is 0 Å². The molecule has 0 aromatic carbocycles. The highest BCUT2D eigenvalue weighted by molar-refractivity contribution is 7.99. The zero-order valence-electron chi connectivity index (χ0n) is 10.4. The molecular weight excluding hydrogens is 242 g/mol. The van der Waals surface area contributed by atoms with Crippen LogP contribution in [0.5, 0.6) is 0 Å². The summed E-state index contributed by atoms with van der Waals surface area (Å²) in [7, 11) is -2.86. The molecule has 1 aliphatic rings. The summed E-state index contributed by atoms with van der Waals surface area (Å²) < 4.78 is 22.4. The van der Waals surface area contributed by atoms with Crippen molar-refractivity contribution in [2.75, 3.05) is 17.8 Å². The Labute approximate surface area is 104 Å². The first kappa shape index (κ1) is 14.3. The molecule has 1 fully saturated rings. The molecule has 0 spiro atoms. The SMILES string of the molecule is CCSC1CCCC1NC(C)CS(C)(=O)=O. The summed E-state index contributed by atoms with van der Waals surface area (Å²) in [6.07, 6.45) is 5.02. The van der Waals surface area contributed by atoms with Crippen molar-refractivity contribution in [3.8, 4) is 0 Å². The van der Waals surface area contributed by atoms with Crippen molar-refractivity contribution < 1.29 is 8.42 Å². The van der Waals surface area contributed by atoms with Crippen molar-refractivity contribution in [3.05, 3.63) is 0 Å². The molecular formula is C11H23NO2S2. The molecule has 0 amide bonds. The summed E-state index contributed by atoms with van der Waals surface area (Å²) in [5, 5.41) is 4.14. The van der Waals surface area contributed by atoms with Gasteiger partial charge in [0.25, 0.3) is 0 Å². The van der Waals surface area contributed by atoms with Gasteiger partial charge in [-0.05, 0) is 25.5 Å². The third-order valence-electron chi connectivity index (χ3n) is 2.88. The summed E-state index contributed by atoms with van der Waals surface area (Å²) in [5.74, 6) is 1.39. The third-order valence-corrected chi connectivity index (χ3v) is 5.32. The molecule has 1 rings (SSSR count). The van der Waals surface area contributed by atoms with Crippen LogP contribution in [-0.2, 0) is 9.84 Å². The number of thioether (sulfide) groups is 1. The van der Waals surface area contributed by atoms with E-state index in [0.717, 1.165) is 5.75 Å². The lowest BCUT2D eigenvalue weighted by atomic mass is 10.2. The molecule has 0 aliphatic heterocycles. The molecule has 0 heterocycles. The Balaban J connectivity index is 2.40. The van der Waals surface area contributed by atoms with Crippen LogP contribution in [0.2, 0.25) is 0 Å². The van der Waals surface area contributed by atoms with E-state index in [4.69, 9.17) is 0 Å². The number of rotatable bonds is 6. The largest absolute Gasteiger partial charge is 0.309 e. The van der Waals surface area contributed by atoms with Gasteiger partial charge in [0.05, 0.1) is 5.75 Å². The highest BCUT2D eigenvalue weighted by Gasteiger charge is 2.28. The summed E-state index contributed by atoms with van der Waals surface area (Å²) in [6, 6.07) is 0.569. The lowest BCUT2D eigenvalue weighted by Crippen LogP contribution is -2.43. The topological polar surface area (TPSA) is 46.2 Å². The molecule has 1 N–H and O–H groups in total. The molecule has 3 atom stereocenters. The normalized spacial score (nSPS) is 28.2. The number of sulfone groups is 1. The fraction of sp³-hybridized carbons (Fsp3) is 1.00. The molecule has 1 saturated carbocycles. The van der Waals surface area contributed by atoms with E-state index in [1.54, 1.807) is 0 Å². The van der Waals surface area contributed by atoms with Crippen molar-refractivity contribution in [1.82, 2.24) is 5.32 Å². The van der Waals surface area contributed by atoms with E-state index in [9.17, 15) is 8.42 Å². The van der Waals surface area contributed by atoms with E-state index >= 15 is 0 Å². The maximum Gasteiger partial charge on any atom is 0.148 e. The second-order valence-electron chi connectivity index (χ2n) is 4.69. The van der Waals surface area contributed by atoms with Gasteiger partial charge in [-0.2, -0.15) is 11.8 Å². The fourth-order valence-corrected chi connectivity index (χ4v) is 4.61. The highest BCUT2D eigenvalue weighted by Crippen LogP contribution is 2.30. The van der Waals surface area contributed by atoms with Crippen molar-refractivity contribution in [2.24, 2.45) is 0 Å². The zero-order chi connectivity index (χ0) is 12.2. The molecule has 96 valence electrons. The van der Waals surface area contributed by atoms with Crippen LogP contribution in [0, 0.1) is 0 Å². The Bertz CT molecular complexity index is 303. The Hall–Kier alpha value is 0.260. The monoisotopic (exact) mass is 265 g/mol. The van der Waals surface area contributed by atoms with Crippen LogP contribution in [0.15, 0.2) is 0 Å². The number of nitrogens with one attached hydrogen (secondary N) is 1. The van der Waals surface area contributed by atoms with Gasteiger partial charge in [0, 0.05) is 23.6 Å². The molecule has 5 heteroatoms. The summed E-state index contributed by atoms with van der Waals surface area (Å²) in [4.78, 5) is 0. The molecule has 3 unspecified atom stereocenters. The van der Waals surface area contributed by atoms with Crippen LogP contribution in [0.4, 0.5) is 0 Å². The van der Waals surface area contributed by atoms with Crippen LogP contribution in [-0.4, -0.2) is 43.5 Å². The predicted molar refractivity (Wildman–Crippen MR) is 71.9 cm³/mol. The Morgan fingerprint density at radius 1 is 1.44 bits per heavy atom. The molecule has 0 aromatic heterocycles. The lowest BCUT2D eigenvalue weighted by molar-refractivity contribution is 0.474. The first-order chi connectivity index (χ1) is 7.42. The quantitative estimate of drug-likeness (QED) is 0.794. The van der Waals surface area contributed by atoms with Crippen molar-refractivity contribution in [3.63, 3.8) is 0 Å². The zero-order valence-corrected chi connectivity index (χ0v) is 12.0. The van der Waals surface area contributed by atoms with E-state index < -0.39 is 9.84 Å². The molecule has 0 radical (unpaired) electrons. The molecule has 0 aromatic rings. The van der Waals surface area contributed by atoms with Gasteiger partial charge in [0.2, 0.25) is 0 Å². The van der Waals surface area contributed by atoms with E-state index in [0.29, 0.717) is 11.3 Å². The van der Waals surface area contributed by atoms with Gasteiger partial charge in [0.15, 0.2) is 0 Å². The minimum atomic E-state index is -2.86. The van der Waals surface area contributed by atoms with Crippen molar-refractivity contribution in [1.29, 1.82) is 0 Å². The Morgan fingerprint density at radius 2 is 2.12 bits per heavy atom. The maximum absolute atomic E-state index is 11.2. The van der Waals surface area contributed by atoms with E-state index in [2.05, 4.69) is 12.2 Å². The smallest absolute Gasteiger partial charge is 0.148 e. The minimum Gasteiger partial charge on any atom is -0.309 e. The van der Waals surface area contributed by atoms with Gasteiger partial charge >= 0.3 is 0 Å². The fourth-order valence-electron chi connectivity index (χ4n) is 2.40. The summed E-state index contributed by atoms with van der Waals surface area (Å²) >= 11 is 2.00. The summed E-state index contributed by atoms with van der Waals surface area (Å²) in [6.45, 7) is 4.15. The third kappa shape index (κ3) is 5.06. The Morgan fingerprint density at radius 3 is 2.69 bits per heavy atom. The maximum atomic E-state index is 11.2. The number of hydrogen-bond donors (Lipinski definition) is 1. The van der Waals surface area contributed by atoms with Gasteiger partial charge < -0.3 is 5.32 Å². The lowest BCUT2D eigenvalue weighted by Gasteiger charge is -2.24. The van der Waals surface area contributed by atoms with Gasteiger partial charge in [-0.1, -0.05) is 13.3 Å². The summed E-state index contributed by atoms with van der Waals surface area (Å²) in [5.41, 5.74) is 0. The molecule has 0 bridgehead atoms. The van der Waals surface area contributed by atoms with E-state index in [-0.39, 0.29) is 11.8 Å². The molecule has 16 heavy (non-hydrogen) atoms. The minimum absolute atomic E-state index is 0.0676. The predicted octanol–water partition coefficient (Wildman–Crippen LogP) is 1.68. The van der Waals surface area contributed by atoms with Crippen LogP contribution in [0.25, 0.3) is 0 Å². The molecule has 3 nitrogen and oxygen atoms in total. The average Bonchev–Trinajstić information content (AvgIpc) is 2.50. The second kappa shape index (κ2) is 6.26. The molecule has 0 saturated heterocycles. The van der Waals surface area contributed by atoms with Crippen LogP contribution in [0.1, 0.15) is 33.1 Å². The van der Waals surface area contributed by atoms with Gasteiger partial charge in [-0.25, -0.2) is 8.42 Å². The van der Waals surface area contributed by atoms with Gasteiger partial charge in [-0.3, -0.25) is 0 Å². The first-order valence-electron chi connectivity index (χ1n) is 5.97. The first-order valence-corrected chi connectivity index (χ1v) is 9.08. The van der Waals surface area contributed by atoms with Gasteiger partial charge in [0.1, 0.15) is 9.84 Å². The van der Waals surface area contributed by atoms with E-state index in [1.807, 2.05) is 18.7 Å². The van der Waals surface area contributed by atoms with Crippen molar-refractivity contribution >= 4 is 21.6 Å². The standard InChI is InChI=1S/C11H23NO2S2/c1-4-15-11-7-5-6-10(11)12-9(2)8-16(3,13)14/h9-12H,4-8H2,1-3H3. The molecule has 1 aliphatic carbocycles. The van der Waals surface area contributed by atoms with Crippen LogP contribution < -0.4 is 5.32 Å². The number of hydrogen-bond acceptors (Lipinski definition) is 4. The van der Waals surface area contributed by atoms with E-state index in [1.165, 1.54) is 25.5 Å². The highest BCUT2D eigenvalue weighted by atomic mass is 32.2. The van der Waals surface area contributed by atoms with Crippen LogP contribution >= 0.6 is 11.8 Å².